The second-order valence-electron chi connectivity index (χ2n) is 22.0. The van der Waals surface area contributed by atoms with E-state index in [1.165, 1.54) is 6.92 Å². The third-order valence-electron chi connectivity index (χ3n) is 14.6. The number of ketones is 2. The predicted octanol–water partition coefficient (Wildman–Crippen LogP) is 0.261. The highest BCUT2D eigenvalue weighted by Gasteiger charge is 2.45. The van der Waals surface area contributed by atoms with E-state index < -0.39 is 175 Å². The standard InChI is InChI=1S/C53H81N9O14S3/c1-9-28(4)46-50(73)57-22-44(69)58-38-26-79(75)51-36(35-11-10-34(21-37(35)59-51)76-15-12-29(5)77-78-53(7,8)13-14-55-27(2)3)16-31(48(71)56-23-45(70)60-46)17-41(66)47(30(6)42(67)25-63)61-49(72)39-20-33(64)24-62(39)52(74)32(18-40(38)65)19-43(54)68/h10-11,21,27-33,38-39,42,46-47,55,59,63-64,67H,9,12-20,22-26H2,1-8H3,(H2,54,68)(H,56,71)(H,57,73)(H,58,69)(H,60,70)(H,61,72)/t28-,29?,30-,31+,32-,33?,38?,39-,42-,46-,47-,79+/m0/s1. The number of amides is 7. The number of carbonyl (C=O) groups is 9. The number of aliphatic hydroxyl groups excluding tert-OH is 3. The largest absolute Gasteiger partial charge is 0.493 e. The maximum atomic E-state index is 15.1. The summed E-state index contributed by atoms with van der Waals surface area (Å²) >= 11 is 0. The normalized spacial score (nSPS) is 26.3. The summed E-state index contributed by atoms with van der Waals surface area (Å²) in [6.07, 6.45) is -3.80. The van der Waals surface area contributed by atoms with Gasteiger partial charge >= 0.3 is 0 Å². The summed E-state index contributed by atoms with van der Waals surface area (Å²) in [5.74, 6) is -13.0. The molecule has 0 saturated carbocycles. The Morgan fingerprint density at radius 3 is 2.27 bits per heavy atom. The van der Waals surface area contributed by atoms with Crippen LogP contribution in [0.4, 0.5) is 0 Å². The van der Waals surface area contributed by atoms with E-state index >= 15 is 4.21 Å². The van der Waals surface area contributed by atoms with Crippen molar-refractivity contribution in [2.75, 3.05) is 45.1 Å². The van der Waals surface area contributed by atoms with Crippen molar-refractivity contribution in [1.29, 1.82) is 0 Å². The summed E-state index contributed by atoms with van der Waals surface area (Å²) in [7, 11) is 1.29. The van der Waals surface area contributed by atoms with Crippen LogP contribution in [0.25, 0.3) is 10.9 Å². The van der Waals surface area contributed by atoms with Crippen LogP contribution >= 0.6 is 21.6 Å². The number of fused-ring (bicyclic) bond motifs is 5. The molecule has 0 aliphatic carbocycles. The van der Waals surface area contributed by atoms with Crippen molar-refractivity contribution in [3.63, 3.8) is 0 Å². The number of hydrogen-bond acceptors (Lipinski definition) is 17. The third kappa shape index (κ3) is 18.4. The number of aromatic nitrogens is 1. The van der Waals surface area contributed by atoms with Gasteiger partial charge in [0.25, 0.3) is 0 Å². The molecule has 0 radical (unpaired) electrons. The molecule has 12 atom stereocenters. The molecule has 2 bridgehead atoms. The summed E-state index contributed by atoms with van der Waals surface area (Å²) in [5, 5.41) is 48.7. The molecule has 7 amide bonds. The van der Waals surface area contributed by atoms with Crippen molar-refractivity contribution in [3.05, 3.63) is 23.8 Å². The number of nitrogens with two attached hydrogens (primary N) is 1. The van der Waals surface area contributed by atoms with Crippen LogP contribution in [0.5, 0.6) is 5.75 Å². The van der Waals surface area contributed by atoms with Crippen LogP contribution in [0.3, 0.4) is 0 Å². The third-order valence-corrected chi connectivity index (χ3v) is 20.0. The lowest BCUT2D eigenvalue weighted by Crippen LogP contribution is -2.56. The fraction of sp³-hybridized carbons (Fsp3) is 0.679. The van der Waals surface area contributed by atoms with Crippen molar-refractivity contribution >= 4 is 96.2 Å². The van der Waals surface area contributed by atoms with Crippen molar-refractivity contribution in [2.45, 2.75) is 164 Å². The molecule has 23 nitrogen and oxygen atoms in total. The molecule has 3 aliphatic rings. The number of hydrogen-bond donors (Lipinski definition) is 11. The van der Waals surface area contributed by atoms with E-state index in [1.54, 1.807) is 42.8 Å². The Balaban J connectivity index is 1.64. The highest BCUT2D eigenvalue weighted by Crippen LogP contribution is 2.41. The van der Waals surface area contributed by atoms with Gasteiger partial charge in [-0.05, 0) is 63.3 Å². The van der Waals surface area contributed by atoms with E-state index in [9.17, 15) is 58.5 Å². The van der Waals surface area contributed by atoms with Gasteiger partial charge in [-0.3, -0.25) is 47.4 Å². The highest BCUT2D eigenvalue weighted by molar-refractivity contribution is 8.77. The average molecular weight is 1160 g/mol. The quantitative estimate of drug-likeness (QED) is 0.0892. The van der Waals surface area contributed by atoms with Gasteiger partial charge in [0, 0.05) is 71.6 Å². The smallest absolute Gasteiger partial charge is 0.243 e. The molecule has 4 heterocycles. The van der Waals surface area contributed by atoms with Crippen molar-refractivity contribution in [3.8, 4) is 5.75 Å². The topological polar surface area (TPSA) is 358 Å². The lowest BCUT2D eigenvalue weighted by Gasteiger charge is -2.32. The van der Waals surface area contributed by atoms with Gasteiger partial charge in [-0.2, -0.15) is 0 Å². The molecule has 5 rings (SSSR count). The number of carbonyl (C=O) groups excluding carboxylic acids is 9. The number of nitrogens with one attached hydrogen (secondary N) is 7. The van der Waals surface area contributed by atoms with Crippen LogP contribution in [-0.4, -0.2) is 180 Å². The first-order chi connectivity index (χ1) is 37.2. The van der Waals surface area contributed by atoms with Gasteiger partial charge in [-0.25, -0.2) is 0 Å². The van der Waals surface area contributed by atoms with E-state index in [2.05, 4.69) is 71.5 Å². The molecule has 1 fully saturated rings. The van der Waals surface area contributed by atoms with Gasteiger partial charge in [0.15, 0.2) is 11.6 Å². The fourth-order valence-corrected chi connectivity index (χ4v) is 13.7. The number of nitrogens with zero attached hydrogens (tertiary/aromatic N) is 1. The molecule has 12 N–H and O–H groups in total. The average Bonchev–Trinajstić information content (AvgIpc) is 4.05. The molecule has 0 spiro atoms. The second-order valence-corrected chi connectivity index (χ2v) is 26.8. The molecule has 1 aromatic heterocycles. The number of benzene rings is 1. The van der Waals surface area contributed by atoms with Crippen molar-refractivity contribution < 1.29 is 67.4 Å². The molecule has 440 valence electrons. The number of aromatic amines is 1. The van der Waals surface area contributed by atoms with Crippen LogP contribution in [-0.2, 0) is 60.4 Å². The lowest BCUT2D eigenvalue weighted by molar-refractivity contribution is -0.145. The summed E-state index contributed by atoms with van der Waals surface area (Å²) in [5.41, 5.74) is 6.22. The second kappa shape index (κ2) is 29.6. The van der Waals surface area contributed by atoms with Gasteiger partial charge in [0.2, 0.25) is 41.4 Å². The molecule has 1 aromatic carbocycles. The van der Waals surface area contributed by atoms with E-state index in [4.69, 9.17) is 10.5 Å². The molecule has 2 aromatic rings. The summed E-state index contributed by atoms with van der Waals surface area (Å²) < 4.78 is 21.4. The van der Waals surface area contributed by atoms with Crippen LogP contribution in [0.1, 0.15) is 106 Å². The summed E-state index contributed by atoms with van der Waals surface area (Å²) in [6, 6.07) is -0.625. The minimum atomic E-state index is -2.31. The highest BCUT2D eigenvalue weighted by atomic mass is 33.1. The first-order valence-electron chi connectivity index (χ1n) is 27.0. The Kier molecular flexibility index (Phi) is 24.2. The zero-order valence-corrected chi connectivity index (χ0v) is 48.8. The lowest BCUT2D eigenvalue weighted by atomic mass is 9.85. The fourth-order valence-electron chi connectivity index (χ4n) is 9.65. The first kappa shape index (κ1) is 64.7. The molecule has 79 heavy (non-hydrogen) atoms. The zero-order chi connectivity index (χ0) is 58.5. The van der Waals surface area contributed by atoms with E-state index in [-0.39, 0.29) is 33.4 Å². The Morgan fingerprint density at radius 1 is 0.924 bits per heavy atom. The van der Waals surface area contributed by atoms with Crippen molar-refractivity contribution in [1.82, 2.24) is 41.8 Å². The number of Topliss-reactive ketones (excluding diaryl/α,β-unsaturated/α-hetero) is 2. The molecule has 3 unspecified atom stereocenters. The molecule has 3 aliphatic heterocycles. The number of aliphatic hydroxyl groups is 3. The minimum Gasteiger partial charge on any atom is -0.493 e. The van der Waals surface area contributed by atoms with Gasteiger partial charge in [-0.15, -0.1) is 0 Å². The maximum Gasteiger partial charge on any atom is 0.243 e. The monoisotopic (exact) mass is 1160 g/mol. The zero-order valence-electron chi connectivity index (χ0n) is 46.3. The van der Waals surface area contributed by atoms with Gasteiger partial charge in [0.05, 0.1) is 78.6 Å². The molecular formula is C53H81N9O14S3. The van der Waals surface area contributed by atoms with Gasteiger partial charge < -0.3 is 67.6 Å². The van der Waals surface area contributed by atoms with Crippen LogP contribution in [0, 0.1) is 23.7 Å². The number of ether oxygens (including phenoxy) is 1. The first-order valence-corrected chi connectivity index (χ1v) is 30.5. The number of primary amides is 1. The SMILES string of the molecule is CC[C@H](C)[C@@H]1NC(=O)CNC(=O)[C@H]2CC(=O)[C@H]([C@@H](C)[C@@H](O)CO)NC(=O)[C@@H]3CC(O)CN3C(=O)[C@H](CC(N)=O)CC(=O)C(C[S@@](=O)c3[nH]c4cc(OCCC(C)SSC(C)(C)CCNC(C)C)ccc4c3C2)NC(=O)CNC1=O. The Labute approximate surface area is 471 Å². The van der Waals surface area contributed by atoms with Crippen molar-refractivity contribution in [2.24, 2.45) is 29.4 Å². The van der Waals surface area contributed by atoms with Crippen LogP contribution in [0.15, 0.2) is 23.2 Å². The van der Waals surface area contributed by atoms with Crippen LogP contribution in [0.2, 0.25) is 0 Å². The van der Waals surface area contributed by atoms with E-state index in [0.29, 0.717) is 42.1 Å². The van der Waals surface area contributed by atoms with E-state index in [0.717, 1.165) is 17.9 Å². The Morgan fingerprint density at radius 2 is 1.61 bits per heavy atom. The summed E-state index contributed by atoms with van der Waals surface area (Å²) in [6.45, 7) is 14.1. The van der Waals surface area contributed by atoms with E-state index in [1.807, 2.05) is 10.8 Å². The molecular weight excluding hydrogens is 1080 g/mol. The minimum absolute atomic E-state index is 0.0272. The van der Waals surface area contributed by atoms with Gasteiger partial charge in [0.1, 0.15) is 22.9 Å². The van der Waals surface area contributed by atoms with Crippen LogP contribution < -0.4 is 42.4 Å². The number of rotatable bonds is 18. The summed E-state index contributed by atoms with van der Waals surface area (Å²) in [4.78, 5) is 131. The Hall–Kier alpha value is -5.12. The molecule has 26 heteroatoms. The van der Waals surface area contributed by atoms with Gasteiger partial charge in [-0.1, -0.05) is 69.6 Å². The maximum absolute atomic E-state index is 15.1. The predicted molar refractivity (Wildman–Crippen MR) is 300 cm³/mol. The molecule has 1 saturated heterocycles. The Bertz CT molecular complexity index is 2560. The number of H-pyrrole nitrogens is 1.